The van der Waals surface area contributed by atoms with E-state index in [4.69, 9.17) is 16.7 Å². The lowest BCUT2D eigenvalue weighted by Crippen LogP contribution is -2.12. The molecule has 0 heterocycles. The number of aryl methyl sites for hydroxylation is 1. The number of halogens is 1. The van der Waals surface area contributed by atoms with E-state index in [1.807, 2.05) is 31.2 Å². The average Bonchev–Trinajstić information content (AvgIpc) is 2.46. The van der Waals surface area contributed by atoms with Crippen LogP contribution in [0.1, 0.15) is 21.5 Å². The molecule has 0 aliphatic heterocycles. The van der Waals surface area contributed by atoms with Crippen molar-refractivity contribution in [2.75, 3.05) is 11.9 Å². The van der Waals surface area contributed by atoms with Crippen LogP contribution < -0.4 is 5.32 Å². The van der Waals surface area contributed by atoms with E-state index in [0.717, 1.165) is 11.3 Å². The number of aliphatic hydroxyl groups is 1. The maximum atomic E-state index is 12.2. The number of amides is 1. The maximum Gasteiger partial charge on any atom is 0.255 e. The van der Waals surface area contributed by atoms with Crippen molar-refractivity contribution in [2.45, 2.75) is 6.92 Å². The van der Waals surface area contributed by atoms with Crippen LogP contribution in [0, 0.1) is 18.8 Å². The number of carbonyl (C=O) groups is 1. The standard InChI is InChI=1S/C17H14ClNO2/c1-12-4-2-6-15(10-12)19-17(21)14-8-7-13(5-3-9-20)16(18)11-14/h2,4,6-8,10-11,20H,9H2,1H3,(H,19,21). The Hall–Kier alpha value is -2.28. The Morgan fingerprint density at radius 3 is 2.76 bits per heavy atom. The van der Waals surface area contributed by atoms with Gasteiger partial charge in [-0.3, -0.25) is 4.79 Å². The Labute approximate surface area is 128 Å². The van der Waals surface area contributed by atoms with Gasteiger partial charge in [-0.2, -0.15) is 0 Å². The molecule has 0 radical (unpaired) electrons. The Balaban J connectivity index is 2.18. The van der Waals surface area contributed by atoms with Crippen LogP contribution in [0.2, 0.25) is 5.02 Å². The first kappa shape index (κ1) is 15.1. The van der Waals surface area contributed by atoms with Crippen molar-refractivity contribution in [2.24, 2.45) is 0 Å². The summed E-state index contributed by atoms with van der Waals surface area (Å²) in [6.07, 6.45) is 0. The van der Waals surface area contributed by atoms with Crippen LogP contribution in [0.25, 0.3) is 0 Å². The van der Waals surface area contributed by atoms with Gasteiger partial charge in [0.2, 0.25) is 0 Å². The van der Waals surface area contributed by atoms with Crippen LogP contribution >= 0.6 is 11.6 Å². The van der Waals surface area contributed by atoms with Gasteiger partial charge in [0.1, 0.15) is 6.61 Å². The summed E-state index contributed by atoms with van der Waals surface area (Å²) < 4.78 is 0. The Morgan fingerprint density at radius 1 is 1.29 bits per heavy atom. The van der Waals surface area contributed by atoms with Gasteiger partial charge >= 0.3 is 0 Å². The minimum Gasteiger partial charge on any atom is -0.384 e. The first-order valence-electron chi connectivity index (χ1n) is 6.37. The highest BCUT2D eigenvalue weighted by atomic mass is 35.5. The molecule has 3 nitrogen and oxygen atoms in total. The monoisotopic (exact) mass is 299 g/mol. The summed E-state index contributed by atoms with van der Waals surface area (Å²) in [5.74, 6) is 5.01. The average molecular weight is 300 g/mol. The Kier molecular flexibility index (Phi) is 4.99. The second-order valence-electron chi connectivity index (χ2n) is 4.48. The Bertz CT molecular complexity index is 729. The molecule has 0 fully saturated rings. The molecule has 4 heteroatoms. The molecule has 0 unspecified atom stereocenters. The molecule has 0 spiro atoms. The van der Waals surface area contributed by atoms with Crippen LogP contribution in [-0.2, 0) is 0 Å². The van der Waals surface area contributed by atoms with Gasteiger partial charge in [-0.1, -0.05) is 35.6 Å². The summed E-state index contributed by atoms with van der Waals surface area (Å²) >= 11 is 6.07. The zero-order valence-corrected chi connectivity index (χ0v) is 12.2. The van der Waals surface area contributed by atoms with E-state index in [2.05, 4.69) is 17.2 Å². The molecule has 0 aliphatic rings. The second kappa shape index (κ2) is 6.94. The van der Waals surface area contributed by atoms with E-state index in [1.165, 1.54) is 0 Å². The highest BCUT2D eigenvalue weighted by Gasteiger charge is 2.08. The van der Waals surface area contributed by atoms with Gasteiger partial charge in [0, 0.05) is 16.8 Å². The van der Waals surface area contributed by atoms with E-state index in [9.17, 15) is 4.79 Å². The maximum absolute atomic E-state index is 12.2. The molecule has 2 rings (SSSR count). The van der Waals surface area contributed by atoms with Crippen LogP contribution in [0.5, 0.6) is 0 Å². The molecular formula is C17H14ClNO2. The molecule has 21 heavy (non-hydrogen) atoms. The third kappa shape index (κ3) is 4.09. The topological polar surface area (TPSA) is 49.3 Å². The third-order valence-electron chi connectivity index (χ3n) is 2.81. The molecule has 106 valence electrons. The van der Waals surface area contributed by atoms with Crippen molar-refractivity contribution in [3.8, 4) is 11.8 Å². The van der Waals surface area contributed by atoms with E-state index < -0.39 is 0 Å². The lowest BCUT2D eigenvalue weighted by atomic mass is 10.1. The summed E-state index contributed by atoms with van der Waals surface area (Å²) in [6, 6.07) is 12.4. The van der Waals surface area contributed by atoms with E-state index in [1.54, 1.807) is 18.2 Å². The molecule has 2 N–H and O–H groups in total. The second-order valence-corrected chi connectivity index (χ2v) is 4.89. The number of aliphatic hydroxyl groups excluding tert-OH is 1. The van der Waals surface area contributed by atoms with Crippen molar-refractivity contribution < 1.29 is 9.90 Å². The van der Waals surface area contributed by atoms with Crippen LogP contribution in [0.15, 0.2) is 42.5 Å². The summed E-state index contributed by atoms with van der Waals surface area (Å²) in [5.41, 5.74) is 2.84. The molecule has 1 amide bonds. The molecule has 0 bridgehead atoms. The molecular weight excluding hydrogens is 286 g/mol. The smallest absolute Gasteiger partial charge is 0.255 e. The predicted octanol–water partition coefficient (Wildman–Crippen LogP) is 3.24. The first-order chi connectivity index (χ1) is 10.1. The van der Waals surface area contributed by atoms with Crippen LogP contribution in [0.4, 0.5) is 5.69 Å². The molecule has 2 aromatic rings. The van der Waals surface area contributed by atoms with E-state index in [0.29, 0.717) is 16.1 Å². The van der Waals surface area contributed by atoms with Crippen molar-refractivity contribution >= 4 is 23.2 Å². The minimum atomic E-state index is -0.232. The number of rotatable bonds is 2. The van der Waals surface area contributed by atoms with Crippen molar-refractivity contribution in [3.63, 3.8) is 0 Å². The fourth-order valence-electron chi connectivity index (χ4n) is 1.82. The normalized spacial score (nSPS) is 9.67. The number of nitrogens with one attached hydrogen (secondary N) is 1. The fraction of sp³-hybridized carbons (Fsp3) is 0.118. The minimum absolute atomic E-state index is 0.230. The molecule has 0 saturated heterocycles. The zero-order valence-electron chi connectivity index (χ0n) is 11.5. The summed E-state index contributed by atoms with van der Waals surface area (Å²) in [7, 11) is 0. The molecule has 0 aliphatic carbocycles. The number of anilines is 1. The highest BCUT2D eigenvalue weighted by Crippen LogP contribution is 2.18. The van der Waals surface area contributed by atoms with Crippen LogP contribution in [0.3, 0.4) is 0 Å². The SMILES string of the molecule is Cc1cccc(NC(=O)c2ccc(C#CCO)c(Cl)c2)c1. The lowest BCUT2D eigenvalue weighted by Gasteiger charge is -2.07. The van der Waals surface area contributed by atoms with Gasteiger partial charge in [-0.25, -0.2) is 0 Å². The van der Waals surface area contributed by atoms with E-state index >= 15 is 0 Å². The van der Waals surface area contributed by atoms with Gasteiger partial charge in [0.05, 0.1) is 5.02 Å². The molecule has 2 aromatic carbocycles. The summed E-state index contributed by atoms with van der Waals surface area (Å²) in [5, 5.41) is 11.9. The van der Waals surface area contributed by atoms with Crippen molar-refractivity contribution in [1.82, 2.24) is 0 Å². The number of hydrogen-bond donors (Lipinski definition) is 2. The van der Waals surface area contributed by atoms with Gasteiger partial charge in [-0.15, -0.1) is 0 Å². The molecule has 0 atom stereocenters. The number of hydrogen-bond acceptors (Lipinski definition) is 2. The number of carbonyl (C=O) groups excluding carboxylic acids is 1. The van der Waals surface area contributed by atoms with E-state index in [-0.39, 0.29) is 12.5 Å². The van der Waals surface area contributed by atoms with Crippen molar-refractivity contribution in [1.29, 1.82) is 0 Å². The third-order valence-corrected chi connectivity index (χ3v) is 3.12. The fourth-order valence-corrected chi connectivity index (χ4v) is 2.05. The predicted molar refractivity (Wildman–Crippen MR) is 84.5 cm³/mol. The van der Waals surface area contributed by atoms with Gasteiger partial charge in [0.15, 0.2) is 0 Å². The first-order valence-corrected chi connectivity index (χ1v) is 6.75. The summed E-state index contributed by atoms with van der Waals surface area (Å²) in [4.78, 5) is 12.2. The lowest BCUT2D eigenvalue weighted by molar-refractivity contribution is 0.102. The van der Waals surface area contributed by atoms with Gasteiger partial charge in [-0.05, 0) is 42.8 Å². The highest BCUT2D eigenvalue weighted by molar-refractivity contribution is 6.32. The van der Waals surface area contributed by atoms with Gasteiger partial charge < -0.3 is 10.4 Å². The van der Waals surface area contributed by atoms with Crippen molar-refractivity contribution in [3.05, 3.63) is 64.2 Å². The largest absolute Gasteiger partial charge is 0.384 e. The summed E-state index contributed by atoms with van der Waals surface area (Å²) in [6.45, 7) is 1.73. The molecule has 0 saturated carbocycles. The Morgan fingerprint density at radius 2 is 2.10 bits per heavy atom. The van der Waals surface area contributed by atoms with Gasteiger partial charge in [0.25, 0.3) is 5.91 Å². The zero-order chi connectivity index (χ0) is 15.2. The molecule has 0 aromatic heterocycles. The quantitative estimate of drug-likeness (QED) is 0.836. The van der Waals surface area contributed by atoms with Crippen LogP contribution in [-0.4, -0.2) is 17.6 Å². The number of benzene rings is 2.